The highest BCUT2D eigenvalue weighted by atomic mass is 32.1. The molecule has 132 valence electrons. The molecule has 0 bridgehead atoms. The Hall–Kier alpha value is -2.86. The minimum Gasteiger partial charge on any atom is -0.497 e. The van der Waals surface area contributed by atoms with Gasteiger partial charge in [0.2, 0.25) is 0 Å². The van der Waals surface area contributed by atoms with Crippen molar-refractivity contribution in [2.24, 2.45) is 0 Å². The Labute approximate surface area is 154 Å². The van der Waals surface area contributed by atoms with Crippen LogP contribution in [0.3, 0.4) is 0 Å². The van der Waals surface area contributed by atoms with E-state index in [0.717, 1.165) is 43.6 Å². The third-order valence-corrected chi connectivity index (χ3v) is 5.58. The molecule has 0 atom stereocenters. The van der Waals surface area contributed by atoms with Gasteiger partial charge in [0.1, 0.15) is 11.3 Å². The van der Waals surface area contributed by atoms with E-state index in [9.17, 15) is 4.79 Å². The molecule has 6 heteroatoms. The topological polar surface area (TPSA) is 64.4 Å². The molecule has 26 heavy (non-hydrogen) atoms. The Morgan fingerprint density at radius 1 is 1.15 bits per heavy atom. The summed E-state index contributed by atoms with van der Waals surface area (Å²) in [5.74, 6) is 0.797. The molecule has 0 saturated heterocycles. The zero-order valence-electron chi connectivity index (χ0n) is 15.0. The van der Waals surface area contributed by atoms with Gasteiger partial charge in [-0.05, 0) is 50.1 Å². The molecule has 0 spiro atoms. The highest BCUT2D eigenvalue weighted by Gasteiger charge is 2.20. The van der Waals surface area contributed by atoms with Crippen molar-refractivity contribution in [3.8, 4) is 5.75 Å². The van der Waals surface area contributed by atoms with E-state index >= 15 is 0 Å². The van der Waals surface area contributed by atoms with Gasteiger partial charge in [-0.15, -0.1) is 0 Å². The summed E-state index contributed by atoms with van der Waals surface area (Å²) in [5, 5.41) is 4.35. The number of fused-ring (bicyclic) bond motifs is 2. The number of hydrogen-bond donors (Lipinski definition) is 1. The Morgan fingerprint density at radius 2 is 1.96 bits per heavy atom. The Bertz CT molecular complexity index is 1160. The van der Waals surface area contributed by atoms with Crippen molar-refractivity contribution in [2.45, 2.75) is 20.8 Å². The van der Waals surface area contributed by atoms with Gasteiger partial charge in [-0.1, -0.05) is 23.5 Å². The van der Waals surface area contributed by atoms with Crippen molar-refractivity contribution in [3.05, 3.63) is 52.8 Å². The molecule has 2 heterocycles. The van der Waals surface area contributed by atoms with Crippen LogP contribution in [0.5, 0.6) is 5.75 Å². The fourth-order valence-electron chi connectivity index (χ4n) is 2.97. The van der Waals surface area contributed by atoms with E-state index in [1.807, 2.05) is 51.1 Å². The van der Waals surface area contributed by atoms with Gasteiger partial charge in [-0.25, -0.2) is 4.98 Å². The number of ether oxygens (including phenoxy) is 1. The third kappa shape index (κ3) is 2.63. The summed E-state index contributed by atoms with van der Waals surface area (Å²) in [5.41, 5.74) is 4.61. The lowest BCUT2D eigenvalue weighted by atomic mass is 10.0. The molecular formula is C20H18N2O3S. The second-order valence-corrected chi connectivity index (χ2v) is 7.28. The molecule has 0 fully saturated rings. The molecular weight excluding hydrogens is 348 g/mol. The maximum absolute atomic E-state index is 12.7. The first kappa shape index (κ1) is 16.6. The van der Waals surface area contributed by atoms with Crippen molar-refractivity contribution in [1.82, 2.24) is 4.98 Å². The largest absolute Gasteiger partial charge is 0.497 e. The number of nitrogens with one attached hydrogen (secondary N) is 1. The van der Waals surface area contributed by atoms with E-state index in [4.69, 9.17) is 9.15 Å². The summed E-state index contributed by atoms with van der Waals surface area (Å²) < 4.78 is 12.1. The van der Waals surface area contributed by atoms with Crippen molar-refractivity contribution in [2.75, 3.05) is 12.4 Å². The second kappa shape index (κ2) is 6.14. The highest BCUT2D eigenvalue weighted by Crippen LogP contribution is 2.32. The van der Waals surface area contributed by atoms with Crippen molar-refractivity contribution in [3.63, 3.8) is 0 Å². The number of aryl methyl sites for hydroxylation is 3. The Morgan fingerprint density at radius 3 is 2.73 bits per heavy atom. The molecule has 4 aromatic rings. The van der Waals surface area contributed by atoms with E-state index in [2.05, 4.69) is 10.3 Å². The molecule has 2 aromatic carbocycles. The van der Waals surface area contributed by atoms with Crippen molar-refractivity contribution >= 4 is 43.6 Å². The fourth-order valence-corrected chi connectivity index (χ4v) is 3.86. The van der Waals surface area contributed by atoms with Crippen LogP contribution in [0.4, 0.5) is 5.13 Å². The van der Waals surface area contributed by atoms with Gasteiger partial charge in [0.25, 0.3) is 5.91 Å². The number of methoxy groups -OCH3 is 1. The van der Waals surface area contributed by atoms with Crippen molar-refractivity contribution < 1.29 is 13.9 Å². The van der Waals surface area contributed by atoms with Crippen LogP contribution in [0, 0.1) is 20.8 Å². The van der Waals surface area contributed by atoms with E-state index in [0.29, 0.717) is 10.9 Å². The van der Waals surface area contributed by atoms with Gasteiger partial charge in [0.15, 0.2) is 10.9 Å². The molecule has 0 aliphatic carbocycles. The monoisotopic (exact) mass is 366 g/mol. The maximum Gasteiger partial charge on any atom is 0.293 e. The van der Waals surface area contributed by atoms with Gasteiger partial charge in [0, 0.05) is 10.9 Å². The summed E-state index contributed by atoms with van der Waals surface area (Å²) in [7, 11) is 1.62. The van der Waals surface area contributed by atoms with Gasteiger partial charge in [-0.3, -0.25) is 10.1 Å². The molecule has 0 unspecified atom stereocenters. The number of anilines is 1. The normalized spacial score (nSPS) is 11.2. The first-order valence-corrected chi connectivity index (χ1v) is 9.05. The molecule has 1 amide bonds. The van der Waals surface area contributed by atoms with E-state index in [-0.39, 0.29) is 5.91 Å². The number of rotatable bonds is 3. The van der Waals surface area contributed by atoms with Crippen LogP contribution in [-0.4, -0.2) is 18.0 Å². The number of nitrogens with zero attached hydrogens (tertiary/aromatic N) is 1. The predicted octanol–water partition coefficient (Wildman–Crippen LogP) is 5.23. The van der Waals surface area contributed by atoms with Crippen LogP contribution in [0.25, 0.3) is 21.2 Å². The minimum absolute atomic E-state index is 0.290. The number of hydrogen-bond acceptors (Lipinski definition) is 5. The van der Waals surface area contributed by atoms with Gasteiger partial charge >= 0.3 is 0 Å². The summed E-state index contributed by atoms with van der Waals surface area (Å²) in [6, 6.07) is 9.67. The van der Waals surface area contributed by atoms with Crippen LogP contribution in [0.1, 0.15) is 27.2 Å². The number of aromatic nitrogens is 1. The first-order chi connectivity index (χ1) is 12.5. The molecule has 1 N–H and O–H groups in total. The zero-order chi connectivity index (χ0) is 18.4. The maximum atomic E-state index is 12.7. The molecule has 0 aliphatic rings. The second-order valence-electron chi connectivity index (χ2n) is 6.25. The van der Waals surface area contributed by atoms with Crippen LogP contribution in [0.2, 0.25) is 0 Å². The third-order valence-electron chi connectivity index (χ3n) is 4.65. The average molecular weight is 366 g/mol. The molecule has 2 aromatic heterocycles. The lowest BCUT2D eigenvalue weighted by molar-refractivity contribution is 0.0998. The summed E-state index contributed by atoms with van der Waals surface area (Å²) in [6.07, 6.45) is 0. The van der Waals surface area contributed by atoms with Crippen molar-refractivity contribution in [1.29, 1.82) is 0 Å². The molecule has 4 rings (SSSR count). The highest BCUT2D eigenvalue weighted by molar-refractivity contribution is 7.22. The number of carbonyl (C=O) groups is 1. The Kier molecular flexibility index (Phi) is 3.92. The van der Waals surface area contributed by atoms with Crippen LogP contribution >= 0.6 is 11.3 Å². The summed E-state index contributed by atoms with van der Waals surface area (Å²) in [4.78, 5) is 17.2. The van der Waals surface area contributed by atoms with Crippen LogP contribution in [0.15, 0.2) is 34.7 Å². The smallest absolute Gasteiger partial charge is 0.293 e. The zero-order valence-corrected chi connectivity index (χ0v) is 15.8. The number of carbonyl (C=O) groups excluding carboxylic acids is 1. The number of thiazole rings is 1. The quantitative estimate of drug-likeness (QED) is 0.539. The van der Waals surface area contributed by atoms with Crippen LogP contribution in [-0.2, 0) is 0 Å². The van der Waals surface area contributed by atoms with Gasteiger partial charge in [-0.2, -0.15) is 0 Å². The molecule has 5 nitrogen and oxygen atoms in total. The number of benzene rings is 2. The SMILES string of the molecule is COc1ccc2nc(NC(=O)c3oc4c(C)c(C)ccc4c3C)sc2c1. The summed E-state index contributed by atoms with van der Waals surface area (Å²) in [6.45, 7) is 5.93. The van der Waals surface area contributed by atoms with Crippen LogP contribution < -0.4 is 10.1 Å². The molecule has 0 radical (unpaired) electrons. The lowest BCUT2D eigenvalue weighted by Gasteiger charge is -1.99. The lowest BCUT2D eigenvalue weighted by Crippen LogP contribution is -2.11. The number of furan rings is 1. The summed E-state index contributed by atoms with van der Waals surface area (Å²) >= 11 is 1.40. The fraction of sp³-hybridized carbons (Fsp3) is 0.200. The molecule has 0 saturated carbocycles. The van der Waals surface area contributed by atoms with Gasteiger partial charge in [0.05, 0.1) is 17.3 Å². The van der Waals surface area contributed by atoms with E-state index in [1.54, 1.807) is 7.11 Å². The average Bonchev–Trinajstić information content (AvgIpc) is 3.18. The van der Waals surface area contributed by atoms with E-state index < -0.39 is 0 Å². The minimum atomic E-state index is -0.290. The Balaban J connectivity index is 1.69. The predicted molar refractivity (Wildman–Crippen MR) is 105 cm³/mol. The molecule has 0 aliphatic heterocycles. The van der Waals surface area contributed by atoms with E-state index in [1.165, 1.54) is 11.3 Å². The van der Waals surface area contributed by atoms with Gasteiger partial charge < -0.3 is 9.15 Å². The first-order valence-electron chi connectivity index (χ1n) is 8.23. The standard InChI is InChI=1S/C20H18N2O3S/c1-10-5-7-14-12(3)18(25-17(14)11(10)2)19(23)22-20-21-15-8-6-13(24-4)9-16(15)26-20/h5-9H,1-4H3,(H,21,22,23). The number of amides is 1.